The fraction of sp³-hybridized carbons (Fsp3) is 0.333. The molecule has 124 valence electrons. The summed E-state index contributed by atoms with van der Waals surface area (Å²) in [6.07, 6.45) is 1.11. The van der Waals surface area contributed by atoms with Gasteiger partial charge in [-0.1, -0.05) is 24.3 Å². The first-order valence-electron chi connectivity index (χ1n) is 8.78. The number of nitrogens with one attached hydrogen (secondary N) is 1. The first-order chi connectivity index (χ1) is 11.7. The van der Waals surface area contributed by atoms with E-state index in [9.17, 15) is 0 Å². The molecule has 2 aromatic carbocycles. The van der Waals surface area contributed by atoms with E-state index in [0.29, 0.717) is 0 Å². The van der Waals surface area contributed by atoms with Crippen molar-refractivity contribution in [3.63, 3.8) is 0 Å². The molecule has 1 N–H and O–H groups in total. The average Bonchev–Trinajstić information content (AvgIpc) is 2.74. The lowest BCUT2D eigenvalue weighted by atomic mass is 10.0. The van der Waals surface area contributed by atoms with E-state index in [1.165, 1.54) is 33.3 Å². The van der Waals surface area contributed by atoms with Crippen LogP contribution >= 0.6 is 0 Å². The van der Waals surface area contributed by atoms with Gasteiger partial charge in [-0.15, -0.1) is 0 Å². The molecule has 1 aliphatic heterocycles. The van der Waals surface area contributed by atoms with Gasteiger partial charge in [0.2, 0.25) is 0 Å². The fourth-order valence-electron chi connectivity index (χ4n) is 3.73. The molecule has 3 aromatic rings. The number of hydrogen-bond acceptors (Lipinski definition) is 2. The number of benzene rings is 2. The summed E-state index contributed by atoms with van der Waals surface area (Å²) in [5.74, 6) is 0. The molecule has 1 aromatic heterocycles. The molecule has 2 heterocycles. The zero-order chi connectivity index (χ0) is 16.5. The van der Waals surface area contributed by atoms with Gasteiger partial charge < -0.3 is 14.8 Å². The lowest BCUT2D eigenvalue weighted by Gasteiger charge is -2.11. The van der Waals surface area contributed by atoms with Crippen LogP contribution in [0.15, 0.2) is 48.5 Å². The van der Waals surface area contributed by atoms with Crippen LogP contribution in [0, 0.1) is 0 Å². The van der Waals surface area contributed by atoms with Crippen molar-refractivity contribution >= 4 is 10.9 Å². The Kier molecular flexibility index (Phi) is 4.13. The van der Waals surface area contributed by atoms with Crippen LogP contribution in [0.2, 0.25) is 0 Å². The maximum absolute atomic E-state index is 3.48. The number of rotatable bonds is 3. The van der Waals surface area contributed by atoms with Gasteiger partial charge >= 0.3 is 0 Å². The molecule has 0 radical (unpaired) electrons. The molecule has 0 aliphatic carbocycles. The van der Waals surface area contributed by atoms with E-state index in [1.54, 1.807) is 0 Å². The normalized spacial score (nSPS) is 14.8. The van der Waals surface area contributed by atoms with Gasteiger partial charge in [0.05, 0.1) is 0 Å². The van der Waals surface area contributed by atoms with Crippen LogP contribution < -0.4 is 5.32 Å². The molecule has 0 spiro atoms. The largest absolute Gasteiger partial charge is 0.343 e. The lowest BCUT2D eigenvalue weighted by Crippen LogP contribution is -2.17. The molecule has 3 nitrogen and oxygen atoms in total. The summed E-state index contributed by atoms with van der Waals surface area (Å²) in [5, 5.41) is 4.84. The minimum atomic E-state index is 0.976. The quantitative estimate of drug-likeness (QED) is 0.797. The number of fused-ring (bicyclic) bond motifs is 3. The van der Waals surface area contributed by atoms with Gasteiger partial charge in [0.15, 0.2) is 0 Å². The fourth-order valence-corrected chi connectivity index (χ4v) is 3.73. The van der Waals surface area contributed by atoms with Crippen molar-refractivity contribution in [1.82, 2.24) is 14.8 Å². The number of hydrogen-bond donors (Lipinski definition) is 1. The van der Waals surface area contributed by atoms with Gasteiger partial charge in [-0.05, 0) is 55.1 Å². The SMILES string of the molecule is CN(C)Cc1cccc(-c2ccc3c(c2)cc2n3CCNCC2)c1. The van der Waals surface area contributed by atoms with Crippen LogP contribution in [0.4, 0.5) is 0 Å². The zero-order valence-corrected chi connectivity index (χ0v) is 14.5. The van der Waals surface area contributed by atoms with Crippen LogP contribution in [0.3, 0.4) is 0 Å². The monoisotopic (exact) mass is 319 g/mol. The van der Waals surface area contributed by atoms with Gasteiger partial charge in [-0.3, -0.25) is 0 Å². The molecule has 0 saturated heterocycles. The van der Waals surface area contributed by atoms with Gasteiger partial charge in [0.1, 0.15) is 0 Å². The topological polar surface area (TPSA) is 20.2 Å². The molecule has 0 atom stereocenters. The standard InChI is InChI=1S/C21H25N3/c1-23(2)15-16-4-3-5-17(12-16)18-6-7-21-19(13-18)14-20-8-9-22-10-11-24(20)21/h3-7,12-14,22H,8-11,15H2,1-2H3. The molecular formula is C21H25N3. The van der Waals surface area contributed by atoms with Crippen molar-refractivity contribution in [2.75, 3.05) is 27.2 Å². The summed E-state index contributed by atoms with van der Waals surface area (Å²) in [5.41, 5.74) is 6.79. The van der Waals surface area contributed by atoms with E-state index in [2.05, 4.69) is 77.4 Å². The Morgan fingerprint density at radius 2 is 1.88 bits per heavy atom. The summed E-state index contributed by atoms with van der Waals surface area (Å²) in [6, 6.07) is 18.2. The third kappa shape index (κ3) is 2.97. The van der Waals surface area contributed by atoms with Crippen molar-refractivity contribution in [2.24, 2.45) is 0 Å². The third-order valence-corrected chi connectivity index (χ3v) is 4.82. The van der Waals surface area contributed by atoms with Crippen molar-refractivity contribution < 1.29 is 0 Å². The molecular weight excluding hydrogens is 294 g/mol. The van der Waals surface area contributed by atoms with E-state index in [0.717, 1.165) is 32.6 Å². The minimum Gasteiger partial charge on any atom is -0.343 e. The van der Waals surface area contributed by atoms with Crippen molar-refractivity contribution in [2.45, 2.75) is 19.5 Å². The highest BCUT2D eigenvalue weighted by Crippen LogP contribution is 2.28. The summed E-state index contributed by atoms with van der Waals surface area (Å²) in [7, 11) is 4.23. The summed E-state index contributed by atoms with van der Waals surface area (Å²) < 4.78 is 2.47. The Morgan fingerprint density at radius 3 is 2.75 bits per heavy atom. The number of aromatic nitrogens is 1. The summed E-state index contributed by atoms with van der Waals surface area (Å²) in [6.45, 7) is 4.18. The third-order valence-electron chi connectivity index (χ3n) is 4.82. The maximum atomic E-state index is 3.48. The molecule has 24 heavy (non-hydrogen) atoms. The first-order valence-corrected chi connectivity index (χ1v) is 8.78. The predicted octanol–water partition coefficient (Wildman–Crippen LogP) is 3.52. The predicted molar refractivity (Wildman–Crippen MR) is 101 cm³/mol. The smallest absolute Gasteiger partial charge is 0.0483 e. The molecule has 1 aliphatic rings. The summed E-state index contributed by atoms with van der Waals surface area (Å²) in [4.78, 5) is 2.21. The van der Waals surface area contributed by atoms with E-state index < -0.39 is 0 Å². The maximum Gasteiger partial charge on any atom is 0.0483 e. The van der Waals surface area contributed by atoms with Crippen LogP contribution in [-0.4, -0.2) is 36.7 Å². The Labute approximate surface area is 143 Å². The van der Waals surface area contributed by atoms with Gasteiger partial charge in [-0.25, -0.2) is 0 Å². The first kappa shape index (κ1) is 15.4. The Bertz CT molecular complexity index is 861. The lowest BCUT2D eigenvalue weighted by molar-refractivity contribution is 0.402. The van der Waals surface area contributed by atoms with Gasteiger partial charge in [0, 0.05) is 49.2 Å². The second-order valence-electron chi connectivity index (χ2n) is 7.00. The van der Waals surface area contributed by atoms with E-state index in [4.69, 9.17) is 0 Å². The summed E-state index contributed by atoms with van der Waals surface area (Å²) >= 11 is 0. The van der Waals surface area contributed by atoms with E-state index >= 15 is 0 Å². The molecule has 0 bridgehead atoms. The Hall–Kier alpha value is -2.10. The highest BCUT2D eigenvalue weighted by atomic mass is 15.0. The highest BCUT2D eigenvalue weighted by molar-refractivity contribution is 5.86. The van der Waals surface area contributed by atoms with Crippen LogP contribution in [0.5, 0.6) is 0 Å². The molecule has 0 amide bonds. The van der Waals surface area contributed by atoms with E-state index in [1.807, 2.05) is 0 Å². The molecule has 0 unspecified atom stereocenters. The van der Waals surface area contributed by atoms with Crippen molar-refractivity contribution in [3.8, 4) is 11.1 Å². The number of nitrogens with zero attached hydrogens (tertiary/aromatic N) is 2. The average molecular weight is 319 g/mol. The van der Waals surface area contributed by atoms with Gasteiger partial charge in [0.25, 0.3) is 0 Å². The second kappa shape index (κ2) is 6.42. The van der Waals surface area contributed by atoms with Crippen molar-refractivity contribution in [3.05, 3.63) is 59.8 Å². The Morgan fingerprint density at radius 1 is 1.00 bits per heavy atom. The van der Waals surface area contributed by atoms with E-state index in [-0.39, 0.29) is 0 Å². The minimum absolute atomic E-state index is 0.976. The highest BCUT2D eigenvalue weighted by Gasteiger charge is 2.12. The van der Waals surface area contributed by atoms with Crippen LogP contribution in [-0.2, 0) is 19.5 Å². The molecule has 0 saturated carbocycles. The zero-order valence-electron chi connectivity index (χ0n) is 14.5. The van der Waals surface area contributed by atoms with Crippen LogP contribution in [0.1, 0.15) is 11.3 Å². The second-order valence-corrected chi connectivity index (χ2v) is 7.00. The molecule has 4 rings (SSSR count). The van der Waals surface area contributed by atoms with Crippen LogP contribution in [0.25, 0.3) is 22.0 Å². The van der Waals surface area contributed by atoms with Gasteiger partial charge in [-0.2, -0.15) is 0 Å². The molecule has 0 fully saturated rings. The Balaban J connectivity index is 1.73. The molecule has 3 heteroatoms. The van der Waals surface area contributed by atoms with Crippen molar-refractivity contribution in [1.29, 1.82) is 0 Å².